The lowest BCUT2D eigenvalue weighted by atomic mass is 10.2. The number of hydrogen-bond donors (Lipinski definition) is 1. The Labute approximate surface area is 124 Å². The molecule has 0 spiro atoms. The summed E-state index contributed by atoms with van der Waals surface area (Å²) >= 11 is 5.71. The van der Waals surface area contributed by atoms with Crippen LogP contribution in [0.2, 0.25) is 5.02 Å². The van der Waals surface area contributed by atoms with Gasteiger partial charge < -0.3 is 14.8 Å². The molecule has 1 aromatic carbocycles. The standard InChI is InChI=1S/C15H21ClFNO2/c1-2-7-18-9-12-3-4-13(20-12)10-19-11-5-6-15(17)14(16)8-11/h5-6,8,12-13,18H,2-4,7,9-10H2,1H3. The summed E-state index contributed by atoms with van der Waals surface area (Å²) in [6, 6.07) is 4.38. The molecule has 0 aliphatic carbocycles. The first-order chi connectivity index (χ1) is 9.69. The normalized spacial score (nSPS) is 22.1. The van der Waals surface area contributed by atoms with E-state index >= 15 is 0 Å². The quantitative estimate of drug-likeness (QED) is 0.783. The SMILES string of the molecule is CCCNCC1CCC(COc2ccc(F)c(Cl)c2)O1. The summed E-state index contributed by atoms with van der Waals surface area (Å²) in [6.07, 6.45) is 3.55. The molecule has 2 rings (SSSR count). The highest BCUT2D eigenvalue weighted by atomic mass is 35.5. The minimum atomic E-state index is -0.432. The van der Waals surface area contributed by atoms with E-state index in [0.717, 1.165) is 32.4 Å². The van der Waals surface area contributed by atoms with E-state index in [1.165, 1.54) is 12.1 Å². The molecule has 1 saturated heterocycles. The molecule has 1 aliphatic rings. The van der Waals surface area contributed by atoms with Crippen molar-refractivity contribution in [3.05, 3.63) is 29.0 Å². The Morgan fingerprint density at radius 1 is 1.40 bits per heavy atom. The Bertz CT molecular complexity index is 430. The number of hydrogen-bond acceptors (Lipinski definition) is 3. The van der Waals surface area contributed by atoms with Crippen LogP contribution >= 0.6 is 11.6 Å². The van der Waals surface area contributed by atoms with Gasteiger partial charge in [0.2, 0.25) is 0 Å². The van der Waals surface area contributed by atoms with Gasteiger partial charge in [0.25, 0.3) is 0 Å². The van der Waals surface area contributed by atoms with E-state index in [1.807, 2.05) is 0 Å². The van der Waals surface area contributed by atoms with Crippen LogP contribution < -0.4 is 10.1 Å². The summed E-state index contributed by atoms with van der Waals surface area (Å²) < 4.78 is 24.5. The van der Waals surface area contributed by atoms with Crippen LogP contribution in [0.25, 0.3) is 0 Å². The maximum atomic E-state index is 13.0. The third-order valence-corrected chi connectivity index (χ3v) is 3.61. The fourth-order valence-electron chi connectivity index (χ4n) is 2.25. The van der Waals surface area contributed by atoms with E-state index in [4.69, 9.17) is 21.1 Å². The summed E-state index contributed by atoms with van der Waals surface area (Å²) in [7, 11) is 0. The zero-order chi connectivity index (χ0) is 14.4. The molecule has 3 nitrogen and oxygen atoms in total. The van der Waals surface area contributed by atoms with E-state index in [0.29, 0.717) is 12.4 Å². The molecular weight excluding hydrogens is 281 g/mol. The minimum absolute atomic E-state index is 0.0801. The van der Waals surface area contributed by atoms with Gasteiger partial charge in [-0.25, -0.2) is 4.39 Å². The van der Waals surface area contributed by atoms with Crippen molar-refractivity contribution in [3.63, 3.8) is 0 Å². The van der Waals surface area contributed by atoms with Crippen molar-refractivity contribution in [2.45, 2.75) is 38.4 Å². The first kappa shape index (κ1) is 15.5. The molecule has 20 heavy (non-hydrogen) atoms. The molecule has 112 valence electrons. The molecule has 2 atom stereocenters. The molecule has 1 N–H and O–H groups in total. The predicted octanol–water partition coefficient (Wildman–Crippen LogP) is 3.41. The van der Waals surface area contributed by atoms with E-state index in [-0.39, 0.29) is 17.2 Å². The average molecular weight is 302 g/mol. The largest absolute Gasteiger partial charge is 0.491 e. The Kier molecular flexibility index (Phi) is 6.07. The lowest BCUT2D eigenvalue weighted by Gasteiger charge is -2.15. The minimum Gasteiger partial charge on any atom is -0.491 e. The number of nitrogens with one attached hydrogen (secondary N) is 1. The number of ether oxygens (including phenoxy) is 2. The van der Waals surface area contributed by atoms with Gasteiger partial charge in [0.05, 0.1) is 17.2 Å². The van der Waals surface area contributed by atoms with Crippen molar-refractivity contribution < 1.29 is 13.9 Å². The van der Waals surface area contributed by atoms with Crippen LogP contribution in [0.3, 0.4) is 0 Å². The molecule has 1 fully saturated rings. The number of rotatable bonds is 7. The van der Waals surface area contributed by atoms with Crippen molar-refractivity contribution in [1.82, 2.24) is 5.32 Å². The van der Waals surface area contributed by atoms with Crippen molar-refractivity contribution >= 4 is 11.6 Å². The third kappa shape index (κ3) is 4.62. The lowest BCUT2D eigenvalue weighted by Crippen LogP contribution is -2.28. The van der Waals surface area contributed by atoms with Gasteiger partial charge in [-0.2, -0.15) is 0 Å². The van der Waals surface area contributed by atoms with Crippen LogP contribution in [0, 0.1) is 5.82 Å². The van der Waals surface area contributed by atoms with Gasteiger partial charge in [-0.05, 0) is 37.9 Å². The summed E-state index contributed by atoms with van der Waals surface area (Å²) in [4.78, 5) is 0. The summed E-state index contributed by atoms with van der Waals surface area (Å²) in [5.74, 6) is 0.144. The Balaban J connectivity index is 1.71. The van der Waals surface area contributed by atoms with Crippen LogP contribution in [0.5, 0.6) is 5.75 Å². The molecule has 2 unspecified atom stereocenters. The average Bonchev–Trinajstić information content (AvgIpc) is 2.88. The monoisotopic (exact) mass is 301 g/mol. The maximum absolute atomic E-state index is 13.0. The molecule has 0 bridgehead atoms. The number of benzene rings is 1. The highest BCUT2D eigenvalue weighted by Crippen LogP contribution is 2.23. The first-order valence-electron chi connectivity index (χ1n) is 7.13. The van der Waals surface area contributed by atoms with Gasteiger partial charge in [0, 0.05) is 12.6 Å². The Morgan fingerprint density at radius 2 is 2.20 bits per heavy atom. The lowest BCUT2D eigenvalue weighted by molar-refractivity contribution is 0.0186. The maximum Gasteiger partial charge on any atom is 0.142 e. The second kappa shape index (κ2) is 7.81. The predicted molar refractivity (Wildman–Crippen MR) is 78.0 cm³/mol. The summed E-state index contributed by atoms with van der Waals surface area (Å²) in [5.41, 5.74) is 0. The zero-order valence-electron chi connectivity index (χ0n) is 11.7. The first-order valence-corrected chi connectivity index (χ1v) is 7.51. The highest BCUT2D eigenvalue weighted by Gasteiger charge is 2.25. The van der Waals surface area contributed by atoms with Crippen molar-refractivity contribution in [1.29, 1.82) is 0 Å². The second-order valence-corrected chi connectivity index (χ2v) is 5.46. The highest BCUT2D eigenvalue weighted by molar-refractivity contribution is 6.30. The fraction of sp³-hybridized carbons (Fsp3) is 0.600. The van der Waals surface area contributed by atoms with E-state index in [1.54, 1.807) is 6.07 Å². The molecule has 0 saturated carbocycles. The number of halogens is 2. The second-order valence-electron chi connectivity index (χ2n) is 5.05. The zero-order valence-corrected chi connectivity index (χ0v) is 12.5. The van der Waals surface area contributed by atoms with Gasteiger partial charge in [0.1, 0.15) is 18.2 Å². The van der Waals surface area contributed by atoms with E-state index in [9.17, 15) is 4.39 Å². The van der Waals surface area contributed by atoms with Crippen LogP contribution in [-0.2, 0) is 4.74 Å². The fourth-order valence-corrected chi connectivity index (χ4v) is 2.42. The van der Waals surface area contributed by atoms with E-state index < -0.39 is 5.82 Å². The molecule has 0 radical (unpaired) electrons. The third-order valence-electron chi connectivity index (χ3n) is 3.32. The van der Waals surface area contributed by atoms with Crippen molar-refractivity contribution in [2.24, 2.45) is 0 Å². The molecule has 5 heteroatoms. The summed E-state index contributed by atoms with van der Waals surface area (Å²) in [5, 5.41) is 3.44. The van der Waals surface area contributed by atoms with E-state index in [2.05, 4.69) is 12.2 Å². The molecule has 1 aliphatic heterocycles. The molecule has 0 amide bonds. The topological polar surface area (TPSA) is 30.5 Å². The molecule has 0 aromatic heterocycles. The van der Waals surface area contributed by atoms with Gasteiger partial charge in [-0.15, -0.1) is 0 Å². The van der Waals surface area contributed by atoms with Gasteiger partial charge in [-0.3, -0.25) is 0 Å². The van der Waals surface area contributed by atoms with Crippen molar-refractivity contribution in [3.8, 4) is 5.75 Å². The Morgan fingerprint density at radius 3 is 2.95 bits per heavy atom. The van der Waals surface area contributed by atoms with Crippen LogP contribution in [0.15, 0.2) is 18.2 Å². The van der Waals surface area contributed by atoms with Gasteiger partial charge in [0.15, 0.2) is 0 Å². The van der Waals surface area contributed by atoms with Gasteiger partial charge in [-0.1, -0.05) is 18.5 Å². The van der Waals surface area contributed by atoms with Crippen LogP contribution in [0.1, 0.15) is 26.2 Å². The Hall–Kier alpha value is -0.840. The van der Waals surface area contributed by atoms with Crippen LogP contribution in [-0.4, -0.2) is 31.9 Å². The molecule has 1 heterocycles. The smallest absolute Gasteiger partial charge is 0.142 e. The summed E-state index contributed by atoms with van der Waals surface area (Å²) in [6.45, 7) is 4.54. The van der Waals surface area contributed by atoms with Crippen molar-refractivity contribution in [2.75, 3.05) is 19.7 Å². The molecule has 1 aromatic rings. The molecular formula is C15H21ClFNO2. The van der Waals surface area contributed by atoms with Gasteiger partial charge >= 0.3 is 0 Å². The van der Waals surface area contributed by atoms with Crippen LogP contribution in [0.4, 0.5) is 4.39 Å².